The van der Waals surface area contributed by atoms with Gasteiger partial charge in [0.2, 0.25) is 0 Å². The Kier molecular flexibility index (Phi) is 6.77. The fourth-order valence-electron chi connectivity index (χ4n) is 3.36. The van der Waals surface area contributed by atoms with Gasteiger partial charge in [0.25, 0.3) is 0 Å². The molecule has 1 unspecified atom stereocenters. The molecule has 2 heterocycles. The van der Waals surface area contributed by atoms with Crippen molar-refractivity contribution in [3.05, 3.63) is 0 Å². The third-order valence-electron chi connectivity index (χ3n) is 5.01. The smallest absolute Gasteiger partial charge is 0.317 e. The number of carbonyl (C=O) groups excluding carboxylic acids is 1. The lowest BCUT2D eigenvalue weighted by molar-refractivity contribution is 0.135. The molecule has 21 heavy (non-hydrogen) atoms. The fourth-order valence-corrected chi connectivity index (χ4v) is 3.36. The van der Waals surface area contributed by atoms with E-state index in [1.54, 1.807) is 0 Å². The third-order valence-corrected chi connectivity index (χ3v) is 5.01. The van der Waals surface area contributed by atoms with Crippen LogP contribution in [0.5, 0.6) is 0 Å². The number of rotatable bonds is 5. The average molecular weight is 297 g/mol. The van der Waals surface area contributed by atoms with Crippen LogP contribution < -0.4 is 5.32 Å². The zero-order valence-electron chi connectivity index (χ0n) is 13.4. The summed E-state index contributed by atoms with van der Waals surface area (Å²) < 4.78 is 0. The molecule has 0 aliphatic carbocycles. The normalized spacial score (nSPS) is 23.0. The van der Waals surface area contributed by atoms with Gasteiger partial charge in [0, 0.05) is 32.3 Å². The number of urea groups is 1. The molecule has 2 aliphatic rings. The molecule has 0 spiro atoms. The number of hydrogen-bond acceptors (Lipinski definition) is 3. The van der Waals surface area contributed by atoms with Crippen molar-refractivity contribution in [1.82, 2.24) is 15.1 Å². The van der Waals surface area contributed by atoms with Gasteiger partial charge in [-0.15, -0.1) is 0 Å². The van der Waals surface area contributed by atoms with Gasteiger partial charge >= 0.3 is 6.03 Å². The maximum absolute atomic E-state index is 12.1. The Morgan fingerprint density at radius 2 is 1.86 bits per heavy atom. The summed E-state index contributed by atoms with van der Waals surface area (Å²) in [6.45, 7) is 7.26. The van der Waals surface area contributed by atoms with Crippen molar-refractivity contribution in [1.29, 1.82) is 0 Å². The second-order valence-corrected chi connectivity index (χ2v) is 6.58. The van der Waals surface area contributed by atoms with Crippen LogP contribution in [0.15, 0.2) is 0 Å². The van der Waals surface area contributed by atoms with Crippen molar-refractivity contribution in [2.45, 2.75) is 51.5 Å². The number of nitrogens with one attached hydrogen (secondary N) is 1. The molecule has 0 bridgehead atoms. The summed E-state index contributed by atoms with van der Waals surface area (Å²) in [6, 6.07) is 0.628. The van der Waals surface area contributed by atoms with Crippen molar-refractivity contribution in [3.63, 3.8) is 0 Å². The molecule has 2 fully saturated rings. The predicted molar refractivity (Wildman–Crippen MR) is 84.3 cm³/mol. The minimum Gasteiger partial charge on any atom is -0.396 e. The first-order chi connectivity index (χ1) is 10.2. The molecule has 2 aliphatic heterocycles. The van der Waals surface area contributed by atoms with E-state index >= 15 is 0 Å². The molecule has 5 heteroatoms. The molecular weight excluding hydrogens is 266 g/mol. The van der Waals surface area contributed by atoms with Crippen LogP contribution in [-0.2, 0) is 0 Å². The summed E-state index contributed by atoms with van der Waals surface area (Å²) in [5.41, 5.74) is 0. The van der Waals surface area contributed by atoms with E-state index in [0.717, 1.165) is 38.9 Å². The fraction of sp³-hybridized carbons (Fsp3) is 0.938. The summed E-state index contributed by atoms with van der Waals surface area (Å²) in [5, 5.41) is 12.2. The average Bonchev–Trinajstić information content (AvgIpc) is 2.55. The Morgan fingerprint density at radius 3 is 2.48 bits per heavy atom. The van der Waals surface area contributed by atoms with Crippen LogP contribution in [0.25, 0.3) is 0 Å². The first-order valence-corrected chi connectivity index (χ1v) is 8.58. The maximum atomic E-state index is 12.1. The summed E-state index contributed by atoms with van der Waals surface area (Å²) in [4.78, 5) is 16.5. The SMILES string of the molecule is CC(CCNC(=O)N1CCC(CO)CC1)N1CCCCC1. The number of aliphatic hydroxyl groups excluding tert-OH is 1. The van der Waals surface area contributed by atoms with Gasteiger partial charge in [-0.25, -0.2) is 4.79 Å². The van der Waals surface area contributed by atoms with Crippen LogP contribution in [0.4, 0.5) is 4.79 Å². The Bertz CT molecular complexity index is 311. The van der Waals surface area contributed by atoms with Crippen molar-refractivity contribution >= 4 is 6.03 Å². The lowest BCUT2D eigenvalue weighted by atomic mass is 9.98. The minimum absolute atomic E-state index is 0.0669. The van der Waals surface area contributed by atoms with Crippen molar-refractivity contribution < 1.29 is 9.90 Å². The van der Waals surface area contributed by atoms with Crippen molar-refractivity contribution in [2.24, 2.45) is 5.92 Å². The van der Waals surface area contributed by atoms with E-state index < -0.39 is 0 Å². The van der Waals surface area contributed by atoms with Gasteiger partial charge in [0.1, 0.15) is 0 Å². The van der Waals surface area contributed by atoms with E-state index in [2.05, 4.69) is 17.1 Å². The Morgan fingerprint density at radius 1 is 1.19 bits per heavy atom. The summed E-state index contributed by atoms with van der Waals surface area (Å²) >= 11 is 0. The number of aliphatic hydroxyl groups is 1. The zero-order valence-corrected chi connectivity index (χ0v) is 13.4. The number of piperidine rings is 2. The number of amides is 2. The number of carbonyl (C=O) groups is 1. The summed E-state index contributed by atoms with van der Waals surface area (Å²) in [5.74, 6) is 0.383. The van der Waals surface area contributed by atoms with E-state index in [-0.39, 0.29) is 12.6 Å². The first-order valence-electron chi connectivity index (χ1n) is 8.58. The summed E-state index contributed by atoms with van der Waals surface area (Å²) in [7, 11) is 0. The highest BCUT2D eigenvalue weighted by Gasteiger charge is 2.22. The van der Waals surface area contributed by atoms with Gasteiger partial charge in [-0.3, -0.25) is 0 Å². The number of hydrogen-bond donors (Lipinski definition) is 2. The van der Waals surface area contributed by atoms with E-state index in [1.807, 2.05) is 4.90 Å². The Balaban J connectivity index is 1.60. The Hall–Kier alpha value is -0.810. The molecule has 0 saturated carbocycles. The third kappa shape index (κ3) is 5.15. The number of nitrogens with zero attached hydrogens (tertiary/aromatic N) is 2. The monoisotopic (exact) mass is 297 g/mol. The van der Waals surface area contributed by atoms with Crippen molar-refractivity contribution in [2.75, 3.05) is 39.3 Å². The zero-order chi connectivity index (χ0) is 15.1. The molecule has 5 nitrogen and oxygen atoms in total. The van der Waals surface area contributed by atoms with Gasteiger partial charge in [-0.2, -0.15) is 0 Å². The quantitative estimate of drug-likeness (QED) is 0.811. The van der Waals surface area contributed by atoms with Crippen LogP contribution in [0, 0.1) is 5.92 Å². The first kappa shape index (κ1) is 16.6. The maximum Gasteiger partial charge on any atom is 0.317 e. The largest absolute Gasteiger partial charge is 0.396 e. The molecule has 0 aromatic carbocycles. The molecule has 0 radical (unpaired) electrons. The van der Waals surface area contributed by atoms with Gasteiger partial charge < -0.3 is 20.2 Å². The van der Waals surface area contributed by atoms with Crippen LogP contribution in [0.2, 0.25) is 0 Å². The van der Waals surface area contributed by atoms with Crippen LogP contribution in [0.3, 0.4) is 0 Å². The lowest BCUT2D eigenvalue weighted by Crippen LogP contribution is -2.46. The van der Waals surface area contributed by atoms with E-state index in [4.69, 9.17) is 5.11 Å². The second kappa shape index (κ2) is 8.59. The van der Waals surface area contributed by atoms with Gasteiger partial charge in [-0.1, -0.05) is 6.42 Å². The van der Waals surface area contributed by atoms with E-state index in [0.29, 0.717) is 12.0 Å². The molecule has 0 aromatic heterocycles. The second-order valence-electron chi connectivity index (χ2n) is 6.58. The molecule has 2 rings (SSSR count). The molecule has 2 amide bonds. The van der Waals surface area contributed by atoms with Crippen molar-refractivity contribution in [3.8, 4) is 0 Å². The van der Waals surface area contributed by atoms with E-state index in [9.17, 15) is 4.79 Å². The van der Waals surface area contributed by atoms with Crippen LogP contribution in [0.1, 0.15) is 45.4 Å². The standard InChI is InChI=1S/C16H31N3O2/c1-14(18-9-3-2-4-10-18)5-8-17-16(21)19-11-6-15(13-20)7-12-19/h14-15,20H,2-13H2,1H3,(H,17,21). The van der Waals surface area contributed by atoms with Crippen LogP contribution in [-0.4, -0.2) is 66.3 Å². The van der Waals surface area contributed by atoms with E-state index in [1.165, 1.54) is 32.4 Å². The van der Waals surface area contributed by atoms with Gasteiger partial charge in [-0.05, 0) is 58.0 Å². The molecule has 122 valence electrons. The van der Waals surface area contributed by atoms with Gasteiger partial charge in [0.15, 0.2) is 0 Å². The lowest BCUT2D eigenvalue weighted by Gasteiger charge is -2.33. The molecule has 2 saturated heterocycles. The molecule has 1 atom stereocenters. The predicted octanol–water partition coefficient (Wildman–Crippen LogP) is 1.66. The van der Waals surface area contributed by atoms with Crippen LogP contribution >= 0.6 is 0 Å². The Labute approximate surface area is 128 Å². The molecule has 0 aromatic rings. The minimum atomic E-state index is 0.0669. The molecule has 2 N–H and O–H groups in total. The van der Waals surface area contributed by atoms with Gasteiger partial charge in [0.05, 0.1) is 0 Å². The summed E-state index contributed by atoms with van der Waals surface area (Å²) in [6.07, 6.45) is 6.87. The molecular formula is C16H31N3O2. The highest BCUT2D eigenvalue weighted by Crippen LogP contribution is 2.16. The number of likely N-dealkylation sites (tertiary alicyclic amines) is 2. The topological polar surface area (TPSA) is 55.8 Å². The highest BCUT2D eigenvalue weighted by atomic mass is 16.3. The highest BCUT2D eigenvalue weighted by molar-refractivity contribution is 5.74.